The van der Waals surface area contributed by atoms with Crippen molar-refractivity contribution >= 4 is 35.0 Å². The summed E-state index contributed by atoms with van der Waals surface area (Å²) in [5, 5.41) is 7.01. The maximum Gasteiger partial charge on any atom is 0.246 e. The molecule has 6 rings (SSSR count). The molecule has 8 heteroatoms. The second-order valence-electron chi connectivity index (χ2n) is 13.5. The summed E-state index contributed by atoms with van der Waals surface area (Å²) in [6, 6.07) is 6.35. The maximum absolute atomic E-state index is 14.5. The molecule has 11 unspecified atom stereocenters. The molecule has 2 saturated carbocycles. The third-order valence-corrected chi connectivity index (χ3v) is 11.7. The van der Waals surface area contributed by atoms with Gasteiger partial charge in [-0.15, -0.1) is 0 Å². The van der Waals surface area contributed by atoms with Crippen LogP contribution in [0.1, 0.15) is 79.1 Å². The zero-order valence-electron chi connectivity index (χ0n) is 24.2. The molecule has 3 aliphatic heterocycles. The van der Waals surface area contributed by atoms with Crippen molar-refractivity contribution < 1.29 is 19.1 Å². The molecular formula is C32H44ClN3O4. The fourth-order valence-corrected chi connectivity index (χ4v) is 8.93. The topological polar surface area (TPSA) is 87.7 Å². The van der Waals surface area contributed by atoms with E-state index in [2.05, 4.69) is 38.3 Å². The number of hydrogen-bond acceptors (Lipinski definition) is 4. The van der Waals surface area contributed by atoms with Gasteiger partial charge in [0, 0.05) is 22.8 Å². The van der Waals surface area contributed by atoms with Gasteiger partial charge in [-0.1, -0.05) is 65.0 Å². The first-order chi connectivity index (χ1) is 19.1. The second kappa shape index (κ2) is 10.6. The van der Waals surface area contributed by atoms with Crippen molar-refractivity contribution in [2.45, 2.75) is 109 Å². The Hall–Kier alpha value is -2.12. The number of amides is 3. The van der Waals surface area contributed by atoms with E-state index in [4.69, 9.17) is 16.3 Å². The number of rotatable bonds is 5. The lowest BCUT2D eigenvalue weighted by Gasteiger charge is -2.44. The molecule has 11 atom stereocenters. The molecule has 2 bridgehead atoms. The molecule has 3 saturated heterocycles. The largest absolute Gasteiger partial charge is 0.367 e. The van der Waals surface area contributed by atoms with E-state index in [1.54, 1.807) is 24.3 Å². The Morgan fingerprint density at radius 2 is 1.60 bits per heavy atom. The molecule has 5 fully saturated rings. The molecule has 2 aliphatic carbocycles. The molecule has 0 aromatic heterocycles. The molecule has 2 N–H and O–H groups in total. The SMILES string of the molecule is CC1CCCC(NC(=O)C2N(C3CCCC(C)C3C)C(=O)C3C(C(=O)Nc4ccc(Cl)cc4)C4CCC32O4)C1C. The summed E-state index contributed by atoms with van der Waals surface area (Å²) in [5.74, 6) is 0.0101. The molecule has 1 spiro atoms. The lowest BCUT2D eigenvalue weighted by Crippen LogP contribution is -2.61. The van der Waals surface area contributed by atoms with Crippen LogP contribution >= 0.6 is 11.6 Å². The Morgan fingerprint density at radius 1 is 0.925 bits per heavy atom. The Labute approximate surface area is 243 Å². The van der Waals surface area contributed by atoms with Crippen LogP contribution in [0.2, 0.25) is 5.02 Å². The molecule has 3 heterocycles. The van der Waals surface area contributed by atoms with Gasteiger partial charge in [0.2, 0.25) is 17.7 Å². The van der Waals surface area contributed by atoms with Crippen LogP contribution in [-0.4, -0.2) is 52.5 Å². The van der Waals surface area contributed by atoms with Crippen LogP contribution in [0.5, 0.6) is 0 Å². The number of nitrogens with zero attached hydrogens (tertiary/aromatic N) is 1. The first-order valence-corrected chi connectivity index (χ1v) is 15.9. The predicted molar refractivity (Wildman–Crippen MR) is 155 cm³/mol. The third-order valence-electron chi connectivity index (χ3n) is 11.5. The fourth-order valence-electron chi connectivity index (χ4n) is 8.80. The van der Waals surface area contributed by atoms with Gasteiger partial charge in [-0.3, -0.25) is 14.4 Å². The van der Waals surface area contributed by atoms with Crippen molar-refractivity contribution in [3.63, 3.8) is 0 Å². The van der Waals surface area contributed by atoms with Crippen molar-refractivity contribution in [3.05, 3.63) is 29.3 Å². The van der Waals surface area contributed by atoms with E-state index in [0.29, 0.717) is 41.3 Å². The quantitative estimate of drug-likeness (QED) is 0.496. The van der Waals surface area contributed by atoms with Crippen LogP contribution in [0.3, 0.4) is 0 Å². The van der Waals surface area contributed by atoms with E-state index >= 15 is 0 Å². The van der Waals surface area contributed by atoms with Crippen LogP contribution in [0.4, 0.5) is 5.69 Å². The highest BCUT2D eigenvalue weighted by molar-refractivity contribution is 6.30. The standard InChI is InChI=1S/C32H44ClN3O4/c1-17-7-5-9-23(19(17)3)35-30(38)28-32-16-15-25(40-32)26(29(37)34-22-13-11-21(33)12-14-22)27(32)31(39)36(28)24-10-6-8-18(2)20(24)4/h11-14,17-20,23-28H,5-10,15-16H2,1-4H3,(H,34,37)(H,35,38). The second-order valence-corrected chi connectivity index (χ2v) is 14.0. The number of ether oxygens (including phenoxy) is 1. The predicted octanol–water partition coefficient (Wildman–Crippen LogP) is 5.42. The number of hydrogen-bond donors (Lipinski definition) is 2. The van der Waals surface area contributed by atoms with E-state index < -0.39 is 23.5 Å². The van der Waals surface area contributed by atoms with E-state index in [-0.39, 0.29) is 41.8 Å². The number of benzene rings is 1. The summed E-state index contributed by atoms with van der Waals surface area (Å²) in [5.41, 5.74) is -0.324. The fraction of sp³-hybridized carbons (Fsp3) is 0.719. The van der Waals surface area contributed by atoms with Gasteiger partial charge < -0.3 is 20.3 Å². The van der Waals surface area contributed by atoms with Crippen LogP contribution in [0.15, 0.2) is 24.3 Å². The summed E-state index contributed by atoms with van der Waals surface area (Å²) in [4.78, 5) is 44.6. The molecule has 1 aromatic carbocycles. The lowest BCUT2D eigenvalue weighted by atomic mass is 9.70. The maximum atomic E-state index is 14.5. The highest BCUT2D eigenvalue weighted by atomic mass is 35.5. The minimum atomic E-state index is -0.961. The smallest absolute Gasteiger partial charge is 0.246 e. The van der Waals surface area contributed by atoms with Crippen LogP contribution in [0, 0.1) is 35.5 Å². The van der Waals surface area contributed by atoms with Gasteiger partial charge in [-0.2, -0.15) is 0 Å². The molecule has 3 amide bonds. The van der Waals surface area contributed by atoms with Gasteiger partial charge in [0.15, 0.2) is 0 Å². The van der Waals surface area contributed by atoms with Gasteiger partial charge in [-0.25, -0.2) is 0 Å². The number of halogens is 1. The number of carbonyl (C=O) groups excluding carboxylic acids is 3. The Balaban J connectivity index is 1.34. The highest BCUT2D eigenvalue weighted by Gasteiger charge is 2.75. The minimum absolute atomic E-state index is 0.0303. The van der Waals surface area contributed by atoms with Crippen LogP contribution < -0.4 is 10.6 Å². The number of nitrogens with one attached hydrogen (secondary N) is 2. The van der Waals surface area contributed by atoms with Crippen molar-refractivity contribution in [3.8, 4) is 0 Å². The van der Waals surface area contributed by atoms with Crippen molar-refractivity contribution in [1.82, 2.24) is 10.2 Å². The average molecular weight is 570 g/mol. The first-order valence-electron chi connectivity index (χ1n) is 15.5. The highest BCUT2D eigenvalue weighted by Crippen LogP contribution is 2.59. The molecular weight excluding hydrogens is 526 g/mol. The summed E-state index contributed by atoms with van der Waals surface area (Å²) in [6.45, 7) is 8.96. The summed E-state index contributed by atoms with van der Waals surface area (Å²) < 4.78 is 6.69. The Kier molecular flexibility index (Phi) is 7.44. The number of fused-ring (bicyclic) bond motifs is 1. The van der Waals surface area contributed by atoms with Crippen LogP contribution in [0.25, 0.3) is 0 Å². The molecule has 218 valence electrons. The van der Waals surface area contributed by atoms with E-state index in [1.807, 2.05) is 4.90 Å². The van der Waals surface area contributed by atoms with Crippen molar-refractivity contribution in [1.29, 1.82) is 0 Å². The summed E-state index contributed by atoms with van der Waals surface area (Å²) >= 11 is 6.04. The van der Waals surface area contributed by atoms with Crippen LogP contribution in [-0.2, 0) is 19.1 Å². The minimum Gasteiger partial charge on any atom is -0.367 e. The molecule has 1 aromatic rings. The van der Waals surface area contributed by atoms with E-state index in [0.717, 1.165) is 32.1 Å². The Bertz CT molecular complexity index is 1160. The molecule has 0 radical (unpaired) electrons. The van der Waals surface area contributed by atoms with Crippen molar-refractivity contribution in [2.75, 3.05) is 5.32 Å². The number of likely N-dealkylation sites (tertiary alicyclic amines) is 1. The van der Waals surface area contributed by atoms with Gasteiger partial charge in [0.05, 0.1) is 17.9 Å². The van der Waals surface area contributed by atoms with Gasteiger partial charge in [-0.05, 0) is 73.6 Å². The van der Waals surface area contributed by atoms with Gasteiger partial charge in [0.1, 0.15) is 11.6 Å². The Morgan fingerprint density at radius 3 is 2.33 bits per heavy atom. The zero-order chi connectivity index (χ0) is 28.3. The number of carbonyl (C=O) groups is 3. The van der Waals surface area contributed by atoms with E-state index in [9.17, 15) is 14.4 Å². The van der Waals surface area contributed by atoms with Crippen molar-refractivity contribution in [2.24, 2.45) is 35.5 Å². The lowest BCUT2D eigenvalue weighted by molar-refractivity contribution is -0.147. The van der Waals surface area contributed by atoms with Gasteiger partial charge >= 0.3 is 0 Å². The zero-order valence-corrected chi connectivity index (χ0v) is 25.0. The van der Waals surface area contributed by atoms with E-state index in [1.165, 1.54) is 6.42 Å². The summed E-state index contributed by atoms with van der Waals surface area (Å²) in [6.07, 6.45) is 7.22. The monoisotopic (exact) mass is 569 g/mol. The number of anilines is 1. The average Bonchev–Trinajstić information content (AvgIpc) is 3.57. The normalized spacial score (nSPS) is 42.5. The molecule has 7 nitrogen and oxygen atoms in total. The first kappa shape index (κ1) is 28.0. The molecule has 40 heavy (non-hydrogen) atoms. The third kappa shape index (κ3) is 4.46. The van der Waals surface area contributed by atoms with Gasteiger partial charge in [0.25, 0.3) is 0 Å². The molecule has 5 aliphatic rings. The summed E-state index contributed by atoms with van der Waals surface area (Å²) in [7, 11) is 0.